The molecule has 0 aromatic heterocycles. The highest BCUT2D eigenvalue weighted by atomic mass is 16.5. The number of benzene rings is 1. The van der Waals surface area contributed by atoms with E-state index in [1.165, 1.54) is 0 Å². The first-order chi connectivity index (χ1) is 11.6. The van der Waals surface area contributed by atoms with E-state index in [4.69, 9.17) is 4.74 Å². The van der Waals surface area contributed by atoms with E-state index in [1.54, 1.807) is 6.07 Å². The fourth-order valence-corrected chi connectivity index (χ4v) is 3.62. The molecule has 1 aliphatic carbocycles. The zero-order valence-electron chi connectivity index (χ0n) is 15.5. The second-order valence-corrected chi connectivity index (χ2v) is 7.60. The summed E-state index contributed by atoms with van der Waals surface area (Å²) in [5, 5.41) is 15.0. The highest BCUT2D eigenvalue weighted by Crippen LogP contribution is 2.52. The van der Waals surface area contributed by atoms with Crippen LogP contribution in [-0.4, -0.2) is 29.3 Å². The van der Waals surface area contributed by atoms with Crippen molar-refractivity contribution in [2.45, 2.75) is 53.2 Å². The average molecular weight is 348 g/mol. The first-order valence-corrected chi connectivity index (χ1v) is 8.69. The van der Waals surface area contributed by atoms with Gasteiger partial charge in [0.2, 0.25) is 0 Å². The molecule has 0 aliphatic heterocycles. The lowest BCUT2D eigenvalue weighted by Crippen LogP contribution is -2.57. The van der Waals surface area contributed by atoms with E-state index in [2.05, 4.69) is 10.6 Å². The maximum Gasteiger partial charge on any atom is 0.319 e. The highest BCUT2D eigenvalue weighted by Gasteiger charge is 2.53. The number of carboxylic acids is 1. The van der Waals surface area contributed by atoms with Crippen molar-refractivity contribution >= 4 is 17.7 Å². The summed E-state index contributed by atoms with van der Waals surface area (Å²) in [6, 6.07) is 6.84. The third-order valence-corrected chi connectivity index (χ3v) is 5.10. The second kappa shape index (κ2) is 7.33. The van der Waals surface area contributed by atoms with E-state index in [-0.39, 0.29) is 35.4 Å². The summed E-state index contributed by atoms with van der Waals surface area (Å²) in [5.41, 5.74) is 0.272. The van der Waals surface area contributed by atoms with Gasteiger partial charge >= 0.3 is 12.0 Å². The molecule has 1 aromatic rings. The molecule has 1 aliphatic rings. The Morgan fingerprint density at radius 1 is 1.24 bits per heavy atom. The molecule has 0 spiro atoms. The Balaban J connectivity index is 1.96. The van der Waals surface area contributed by atoms with Gasteiger partial charge in [-0.15, -0.1) is 0 Å². The van der Waals surface area contributed by atoms with Crippen molar-refractivity contribution in [3.05, 3.63) is 24.3 Å². The number of hydrogen-bond acceptors (Lipinski definition) is 3. The number of carbonyl (C=O) groups excluding carboxylic acids is 1. The van der Waals surface area contributed by atoms with Gasteiger partial charge in [0.25, 0.3) is 0 Å². The maximum absolute atomic E-state index is 12.3. The number of rotatable bonds is 6. The monoisotopic (exact) mass is 348 g/mol. The molecular formula is C19H28N2O4. The molecule has 0 heterocycles. The SMILES string of the molecule is CC(C)Oc1ccccc1NC(=O)NC(C)[C@@H]1C[C@H](C(=O)O)C1(C)C. The normalized spacial score (nSPS) is 22.6. The van der Waals surface area contributed by atoms with Crippen LogP contribution >= 0.6 is 0 Å². The first-order valence-electron chi connectivity index (χ1n) is 8.69. The zero-order valence-corrected chi connectivity index (χ0v) is 15.5. The van der Waals surface area contributed by atoms with E-state index in [0.29, 0.717) is 17.9 Å². The number of aliphatic carboxylic acids is 1. The molecule has 25 heavy (non-hydrogen) atoms. The van der Waals surface area contributed by atoms with Gasteiger partial charge in [-0.3, -0.25) is 4.79 Å². The number of para-hydroxylation sites is 2. The Hall–Kier alpha value is -2.24. The molecule has 6 nitrogen and oxygen atoms in total. The van der Waals surface area contributed by atoms with E-state index >= 15 is 0 Å². The van der Waals surface area contributed by atoms with Gasteiger partial charge in [0.05, 0.1) is 17.7 Å². The van der Waals surface area contributed by atoms with Gasteiger partial charge in [0.15, 0.2) is 0 Å². The van der Waals surface area contributed by atoms with Gasteiger partial charge in [-0.2, -0.15) is 0 Å². The average Bonchev–Trinajstić information content (AvgIpc) is 2.47. The predicted molar refractivity (Wildman–Crippen MR) is 96.8 cm³/mol. The van der Waals surface area contributed by atoms with Crippen LogP contribution in [0.15, 0.2) is 24.3 Å². The van der Waals surface area contributed by atoms with Crippen molar-refractivity contribution in [3.8, 4) is 5.75 Å². The van der Waals surface area contributed by atoms with Crippen LogP contribution in [0, 0.1) is 17.3 Å². The van der Waals surface area contributed by atoms with Crippen molar-refractivity contribution in [2.24, 2.45) is 17.3 Å². The molecule has 1 saturated carbocycles. The predicted octanol–water partition coefficient (Wildman–Crippen LogP) is 3.73. The summed E-state index contributed by atoms with van der Waals surface area (Å²) in [6.07, 6.45) is 0.588. The number of hydrogen-bond donors (Lipinski definition) is 3. The minimum absolute atomic E-state index is 0.00802. The number of carboxylic acid groups (broad SMARTS) is 1. The van der Waals surface area contributed by atoms with Crippen LogP contribution in [-0.2, 0) is 4.79 Å². The number of ether oxygens (including phenoxy) is 1. The summed E-state index contributed by atoms with van der Waals surface area (Å²) in [7, 11) is 0. The minimum atomic E-state index is -0.766. The molecular weight excluding hydrogens is 320 g/mol. The highest BCUT2D eigenvalue weighted by molar-refractivity contribution is 5.91. The quantitative estimate of drug-likeness (QED) is 0.731. The minimum Gasteiger partial charge on any atom is -0.489 e. The van der Waals surface area contributed by atoms with Gasteiger partial charge in [-0.1, -0.05) is 26.0 Å². The lowest BCUT2D eigenvalue weighted by Gasteiger charge is -2.52. The van der Waals surface area contributed by atoms with E-state index in [1.807, 2.05) is 52.8 Å². The zero-order chi connectivity index (χ0) is 18.8. The number of urea groups is 1. The van der Waals surface area contributed by atoms with Crippen LogP contribution in [0.2, 0.25) is 0 Å². The molecule has 1 unspecified atom stereocenters. The van der Waals surface area contributed by atoms with Gasteiger partial charge in [-0.25, -0.2) is 4.79 Å². The summed E-state index contributed by atoms with van der Waals surface area (Å²) in [6.45, 7) is 9.66. The fourth-order valence-electron chi connectivity index (χ4n) is 3.62. The van der Waals surface area contributed by atoms with Crippen LogP contribution in [0.5, 0.6) is 5.75 Å². The maximum atomic E-state index is 12.3. The largest absolute Gasteiger partial charge is 0.489 e. The molecule has 0 saturated heterocycles. The molecule has 3 N–H and O–H groups in total. The van der Waals surface area contributed by atoms with Crippen molar-refractivity contribution in [2.75, 3.05) is 5.32 Å². The molecule has 2 rings (SSSR count). The number of amides is 2. The van der Waals surface area contributed by atoms with Gasteiger partial charge in [-0.05, 0) is 50.7 Å². The molecule has 1 aromatic carbocycles. The lowest BCUT2D eigenvalue weighted by molar-refractivity contribution is -0.160. The summed E-state index contributed by atoms with van der Waals surface area (Å²) in [5.74, 6) is -0.376. The van der Waals surface area contributed by atoms with Gasteiger partial charge in [0.1, 0.15) is 5.75 Å². The molecule has 1 fully saturated rings. The van der Waals surface area contributed by atoms with Gasteiger partial charge in [0, 0.05) is 6.04 Å². The fraction of sp³-hybridized carbons (Fsp3) is 0.579. The molecule has 2 amide bonds. The van der Waals surface area contributed by atoms with Crippen molar-refractivity contribution in [1.82, 2.24) is 5.32 Å². The third-order valence-electron chi connectivity index (χ3n) is 5.10. The van der Waals surface area contributed by atoms with E-state index in [0.717, 1.165) is 0 Å². The van der Waals surface area contributed by atoms with Crippen molar-refractivity contribution in [3.63, 3.8) is 0 Å². The van der Waals surface area contributed by atoms with Gasteiger partial charge < -0.3 is 20.5 Å². The molecule has 6 heteroatoms. The number of anilines is 1. The second-order valence-electron chi connectivity index (χ2n) is 7.60. The third kappa shape index (κ3) is 4.24. The first kappa shape index (κ1) is 19.1. The summed E-state index contributed by atoms with van der Waals surface area (Å²) in [4.78, 5) is 23.6. The molecule has 0 bridgehead atoms. The Morgan fingerprint density at radius 3 is 2.44 bits per heavy atom. The Morgan fingerprint density at radius 2 is 1.88 bits per heavy atom. The molecule has 3 atom stereocenters. The number of nitrogens with one attached hydrogen (secondary N) is 2. The number of carbonyl (C=O) groups is 2. The molecule has 138 valence electrons. The smallest absolute Gasteiger partial charge is 0.319 e. The van der Waals surface area contributed by atoms with Crippen LogP contribution < -0.4 is 15.4 Å². The Bertz CT molecular complexity index is 642. The lowest BCUT2D eigenvalue weighted by atomic mass is 9.53. The van der Waals surface area contributed by atoms with E-state index in [9.17, 15) is 14.7 Å². The van der Waals surface area contributed by atoms with Crippen LogP contribution in [0.25, 0.3) is 0 Å². The van der Waals surface area contributed by atoms with Crippen LogP contribution in [0.1, 0.15) is 41.0 Å². The Kier molecular flexibility index (Phi) is 5.60. The van der Waals surface area contributed by atoms with E-state index < -0.39 is 5.97 Å². The van der Waals surface area contributed by atoms with Crippen molar-refractivity contribution < 1.29 is 19.4 Å². The van der Waals surface area contributed by atoms with Crippen molar-refractivity contribution in [1.29, 1.82) is 0 Å². The van der Waals surface area contributed by atoms with Crippen LogP contribution in [0.4, 0.5) is 10.5 Å². The summed E-state index contributed by atoms with van der Waals surface area (Å²) >= 11 is 0. The Labute approximate surface area is 149 Å². The van der Waals surface area contributed by atoms with Crippen LogP contribution in [0.3, 0.4) is 0 Å². The standard InChI is InChI=1S/C19H28N2O4/c1-11(2)25-16-9-7-6-8-15(16)21-18(24)20-12(3)13-10-14(17(22)23)19(13,4)5/h6-9,11-14H,10H2,1-5H3,(H,22,23)(H2,20,21,24)/t12?,13-,14+/m0/s1. The molecule has 0 radical (unpaired) electrons. The topological polar surface area (TPSA) is 87.7 Å². The summed E-state index contributed by atoms with van der Waals surface area (Å²) < 4.78 is 5.70.